The van der Waals surface area contributed by atoms with Crippen LogP contribution in [0.1, 0.15) is 29.1 Å². The van der Waals surface area contributed by atoms with Crippen LogP contribution in [-0.4, -0.2) is 24.5 Å². The van der Waals surface area contributed by atoms with Crippen LogP contribution in [0, 0.1) is 5.92 Å². The van der Waals surface area contributed by atoms with Crippen molar-refractivity contribution in [1.29, 1.82) is 0 Å². The molecule has 0 aliphatic rings. The number of Topliss-reactive ketones (excluding diaryl/α,β-unsaturated/α-hetero) is 1. The molecular weight excluding hydrogens is 170 g/mol. The fraction of sp³-hybridized carbons (Fsp3) is 0.778. The van der Waals surface area contributed by atoms with E-state index in [1.807, 2.05) is 0 Å². The molecule has 0 aliphatic heterocycles. The number of carbonyl (C=O) groups excluding carboxylic acids is 2. The van der Waals surface area contributed by atoms with Gasteiger partial charge in [-0.3, -0.25) is 4.79 Å². The van der Waals surface area contributed by atoms with Crippen molar-refractivity contribution in [2.24, 2.45) is 5.92 Å². The summed E-state index contributed by atoms with van der Waals surface area (Å²) >= 11 is 0. The predicted octanol–water partition coefficient (Wildman–Crippen LogP) is 1.59. The maximum absolute atomic E-state index is 11.3. The van der Waals surface area contributed by atoms with Gasteiger partial charge < -0.3 is 10.1 Å². The maximum atomic E-state index is 11.3. The van der Waals surface area contributed by atoms with E-state index < -0.39 is 12.1 Å². The molecular formula is C9H19NO3. The molecule has 0 heterocycles. The first-order valence-corrected chi connectivity index (χ1v) is 4.46. The van der Waals surface area contributed by atoms with Gasteiger partial charge in [0.1, 0.15) is 0 Å². The Morgan fingerprint density at radius 3 is 2.31 bits per heavy atom. The number of ether oxygens (including phenoxy) is 1. The van der Waals surface area contributed by atoms with Crippen molar-refractivity contribution in [3.63, 3.8) is 0 Å². The standard InChI is InChI=1S/C9H17NO3.H2/c1-5-13-9(12)10-7(4)8(11)6(2)3;/h6-7H,5H2,1-4H3,(H,10,12);1H. The molecule has 1 atom stereocenters. The molecule has 4 heteroatoms. The van der Waals surface area contributed by atoms with Gasteiger partial charge in [-0.1, -0.05) is 13.8 Å². The van der Waals surface area contributed by atoms with Crippen LogP contribution in [0.25, 0.3) is 0 Å². The highest BCUT2D eigenvalue weighted by atomic mass is 16.5. The van der Waals surface area contributed by atoms with E-state index in [-0.39, 0.29) is 13.1 Å². The van der Waals surface area contributed by atoms with E-state index in [4.69, 9.17) is 0 Å². The highest BCUT2D eigenvalue weighted by Gasteiger charge is 2.18. The number of alkyl carbamates (subject to hydrolysis) is 1. The van der Waals surface area contributed by atoms with Crippen LogP contribution in [0.15, 0.2) is 0 Å². The van der Waals surface area contributed by atoms with Gasteiger partial charge in [-0.2, -0.15) is 0 Å². The van der Waals surface area contributed by atoms with Crippen LogP contribution < -0.4 is 5.32 Å². The zero-order chi connectivity index (χ0) is 10.4. The van der Waals surface area contributed by atoms with Crippen LogP contribution in [0.5, 0.6) is 0 Å². The van der Waals surface area contributed by atoms with Crippen LogP contribution in [0.2, 0.25) is 0 Å². The zero-order valence-electron chi connectivity index (χ0n) is 8.59. The third-order valence-electron chi connectivity index (χ3n) is 1.61. The smallest absolute Gasteiger partial charge is 0.407 e. The quantitative estimate of drug-likeness (QED) is 0.730. The fourth-order valence-electron chi connectivity index (χ4n) is 0.921. The van der Waals surface area contributed by atoms with E-state index in [9.17, 15) is 9.59 Å². The van der Waals surface area contributed by atoms with E-state index in [1.165, 1.54) is 0 Å². The van der Waals surface area contributed by atoms with Gasteiger partial charge in [0, 0.05) is 7.34 Å². The summed E-state index contributed by atoms with van der Waals surface area (Å²) in [4.78, 5) is 22.2. The monoisotopic (exact) mass is 189 g/mol. The molecule has 0 aliphatic carbocycles. The Morgan fingerprint density at radius 2 is 1.92 bits per heavy atom. The van der Waals surface area contributed by atoms with Crippen molar-refractivity contribution >= 4 is 11.9 Å². The lowest BCUT2D eigenvalue weighted by molar-refractivity contribution is -0.123. The molecule has 1 N–H and O–H groups in total. The van der Waals surface area contributed by atoms with Gasteiger partial charge in [-0.05, 0) is 13.8 Å². The van der Waals surface area contributed by atoms with Crippen molar-refractivity contribution in [3.8, 4) is 0 Å². The number of hydrogen-bond donors (Lipinski definition) is 1. The molecule has 0 rings (SSSR count). The molecule has 0 saturated carbocycles. The molecule has 13 heavy (non-hydrogen) atoms. The lowest BCUT2D eigenvalue weighted by Crippen LogP contribution is -2.40. The minimum absolute atomic E-state index is 0. The second kappa shape index (κ2) is 5.56. The van der Waals surface area contributed by atoms with Gasteiger partial charge in [0.15, 0.2) is 5.78 Å². The second-order valence-corrected chi connectivity index (χ2v) is 3.14. The lowest BCUT2D eigenvalue weighted by Gasteiger charge is -2.14. The Kier molecular flexibility index (Phi) is 5.11. The number of nitrogens with one attached hydrogen (secondary N) is 1. The Bertz CT molecular complexity index is 194. The minimum Gasteiger partial charge on any atom is -0.450 e. The predicted molar refractivity (Wildman–Crippen MR) is 51.6 cm³/mol. The molecule has 0 aromatic rings. The fourth-order valence-corrected chi connectivity index (χ4v) is 0.921. The molecule has 0 radical (unpaired) electrons. The third-order valence-corrected chi connectivity index (χ3v) is 1.61. The lowest BCUT2D eigenvalue weighted by atomic mass is 10.0. The molecule has 4 nitrogen and oxygen atoms in total. The number of rotatable bonds is 4. The van der Waals surface area contributed by atoms with Gasteiger partial charge >= 0.3 is 6.09 Å². The van der Waals surface area contributed by atoms with Gasteiger partial charge in [-0.15, -0.1) is 0 Å². The molecule has 0 fully saturated rings. The van der Waals surface area contributed by atoms with Crippen LogP contribution in [-0.2, 0) is 9.53 Å². The number of amides is 1. The summed E-state index contributed by atoms with van der Waals surface area (Å²) < 4.78 is 4.64. The number of ketones is 1. The largest absolute Gasteiger partial charge is 0.450 e. The van der Waals surface area contributed by atoms with Crippen molar-refractivity contribution in [3.05, 3.63) is 0 Å². The van der Waals surface area contributed by atoms with E-state index >= 15 is 0 Å². The summed E-state index contributed by atoms with van der Waals surface area (Å²) in [5.41, 5.74) is 0. The minimum atomic E-state index is -0.538. The Morgan fingerprint density at radius 1 is 1.38 bits per heavy atom. The van der Waals surface area contributed by atoms with Gasteiger partial charge in [-0.25, -0.2) is 4.79 Å². The van der Waals surface area contributed by atoms with E-state index in [1.54, 1.807) is 27.7 Å². The maximum Gasteiger partial charge on any atom is 0.407 e. The number of hydrogen-bond acceptors (Lipinski definition) is 3. The van der Waals surface area contributed by atoms with E-state index in [0.717, 1.165) is 0 Å². The van der Waals surface area contributed by atoms with E-state index in [2.05, 4.69) is 10.1 Å². The summed E-state index contributed by atoms with van der Waals surface area (Å²) in [7, 11) is 0. The van der Waals surface area contributed by atoms with Crippen molar-refractivity contribution in [1.82, 2.24) is 5.32 Å². The summed E-state index contributed by atoms with van der Waals surface area (Å²) in [6.07, 6.45) is -0.538. The summed E-state index contributed by atoms with van der Waals surface area (Å²) in [5, 5.41) is 2.45. The summed E-state index contributed by atoms with van der Waals surface area (Å²) in [6, 6.07) is -0.473. The molecule has 0 aromatic heterocycles. The van der Waals surface area contributed by atoms with Crippen molar-refractivity contribution in [2.75, 3.05) is 6.61 Å². The molecule has 0 saturated heterocycles. The first kappa shape index (κ1) is 11.9. The molecule has 0 bridgehead atoms. The molecule has 1 amide bonds. The highest BCUT2D eigenvalue weighted by molar-refractivity contribution is 5.88. The van der Waals surface area contributed by atoms with E-state index in [0.29, 0.717) is 6.61 Å². The average molecular weight is 189 g/mol. The van der Waals surface area contributed by atoms with Crippen LogP contribution in [0.4, 0.5) is 4.79 Å². The van der Waals surface area contributed by atoms with Gasteiger partial charge in [0.2, 0.25) is 0 Å². The Labute approximate surface area is 80.1 Å². The van der Waals surface area contributed by atoms with Crippen LogP contribution in [0.3, 0.4) is 0 Å². The summed E-state index contributed by atoms with van der Waals surface area (Å²) in [5.74, 6) is -0.0648. The third kappa shape index (κ3) is 4.50. The number of carbonyl (C=O) groups is 2. The van der Waals surface area contributed by atoms with Gasteiger partial charge in [0.05, 0.1) is 12.6 Å². The van der Waals surface area contributed by atoms with Crippen molar-refractivity contribution < 1.29 is 15.8 Å². The van der Waals surface area contributed by atoms with Crippen LogP contribution >= 0.6 is 0 Å². The first-order chi connectivity index (χ1) is 5.99. The molecule has 0 aromatic carbocycles. The zero-order valence-corrected chi connectivity index (χ0v) is 8.59. The average Bonchev–Trinajstić information content (AvgIpc) is 2.03. The molecule has 78 valence electrons. The SMILES string of the molecule is CCOC(=O)NC(C)C(=O)C(C)C.[HH]. The Balaban J connectivity index is 0. The normalized spacial score (nSPS) is 12.4. The van der Waals surface area contributed by atoms with Gasteiger partial charge in [0.25, 0.3) is 0 Å². The molecule has 1 unspecified atom stereocenters. The highest BCUT2D eigenvalue weighted by Crippen LogP contribution is 1.99. The molecule has 0 spiro atoms. The topological polar surface area (TPSA) is 55.4 Å². The summed E-state index contributed by atoms with van der Waals surface area (Å²) in [6.45, 7) is 7.28. The first-order valence-electron chi connectivity index (χ1n) is 4.46. The Hall–Kier alpha value is -1.06. The second-order valence-electron chi connectivity index (χ2n) is 3.14. The van der Waals surface area contributed by atoms with Crippen molar-refractivity contribution in [2.45, 2.75) is 33.7 Å².